The standard InChI is InChI=1S/C59H82N16O10S2/c1-35(76)67-43-23-29-86-87-34-47(57(84)75-28-13-22-49(75)58(85)74-27-12-21-48(74)56(83)69-41(50(77)63-2)19-8-9-24-60)73-54(81)45(31-37-33-66-40-18-7-6-17-39(37)40)71-51(78)42(20-11-26-65-59(61)62)68-53(80)44(30-36-14-4-3-5-15-36)70-55(82)46(72-52(43)79)32-38-16-10-25-64-38/h3-7,14-18,25,33,41-49,66H,8-13,19-24,26-32,34,60H2,1-2H3,(H,63,77)(H,67,76)(H,68,80)(H,69,83)(H,70,82)(H,71,78)(H,72,79)(H,73,81)(H4,61,62,65)/t41-,42-,43-,44+,45-,46-,47-,48-,49-/m0/s1. The van der Waals surface area contributed by atoms with Crippen molar-refractivity contribution < 1.29 is 47.9 Å². The molecule has 0 spiro atoms. The molecule has 10 amide bonds. The summed E-state index contributed by atoms with van der Waals surface area (Å²) in [4.78, 5) is 158. The van der Waals surface area contributed by atoms with Crippen molar-refractivity contribution >= 4 is 104 Å². The van der Waals surface area contributed by atoms with Gasteiger partial charge in [0.15, 0.2) is 5.96 Å². The van der Waals surface area contributed by atoms with Gasteiger partial charge in [-0.15, -0.1) is 0 Å². The zero-order valence-corrected chi connectivity index (χ0v) is 50.8. The number of carbonyl (C=O) groups is 10. The van der Waals surface area contributed by atoms with Crippen LogP contribution < -0.4 is 59.7 Å². The molecule has 9 atom stereocenters. The van der Waals surface area contributed by atoms with Gasteiger partial charge in [-0.2, -0.15) is 0 Å². The maximum Gasteiger partial charge on any atom is 0.246 e. The Balaban J connectivity index is 1.23. The quantitative estimate of drug-likeness (QED) is 0.0302. The van der Waals surface area contributed by atoms with E-state index in [0.717, 1.165) is 10.9 Å². The van der Waals surface area contributed by atoms with Gasteiger partial charge in [0.2, 0.25) is 59.1 Å². The molecule has 7 rings (SSSR count). The molecule has 5 heterocycles. The Bertz CT molecular complexity index is 3030. The summed E-state index contributed by atoms with van der Waals surface area (Å²) >= 11 is 0. The van der Waals surface area contributed by atoms with Crippen LogP contribution in [0.2, 0.25) is 0 Å². The molecule has 0 saturated carbocycles. The summed E-state index contributed by atoms with van der Waals surface area (Å²) in [6.45, 7) is 2.11. The molecule has 3 aromatic rings. The number of rotatable bonds is 20. The molecule has 0 bridgehead atoms. The average molecular weight is 1240 g/mol. The molecule has 15 N–H and O–H groups in total. The highest BCUT2D eigenvalue weighted by atomic mass is 33.1. The maximum absolute atomic E-state index is 15.3. The van der Waals surface area contributed by atoms with Crippen LogP contribution in [0.1, 0.15) is 95.1 Å². The number of H-pyrrole nitrogens is 1. The van der Waals surface area contributed by atoms with E-state index in [0.29, 0.717) is 68.3 Å². The molecule has 0 unspecified atom stereocenters. The number of fused-ring (bicyclic) bond motifs is 1. The van der Waals surface area contributed by atoms with Crippen molar-refractivity contribution in [3.63, 3.8) is 0 Å². The van der Waals surface area contributed by atoms with Crippen LogP contribution in [-0.4, -0.2) is 185 Å². The second-order valence-electron chi connectivity index (χ2n) is 21.9. The molecule has 4 aliphatic heterocycles. The molecular weight excluding hydrogens is 1160 g/mol. The molecule has 4 aliphatic rings. The predicted molar refractivity (Wildman–Crippen MR) is 333 cm³/mol. The van der Waals surface area contributed by atoms with Gasteiger partial charge in [-0.3, -0.25) is 57.9 Å². The SMILES string of the molecule is CNC(=O)[C@H](CCCCN)NC(=O)[C@@H]1CCCN1C(=O)[C@@H]1CCCN1C(=O)[C@@H]1CSSCC[C@H](NC(C)=O)C(=O)N[C@@H](CC2=CCC=N2)C(=O)N[C@H](Cc2ccccc2)C(=O)N[C@@H](CCCN=C(N)N)C(=O)N[C@@H](Cc2c[nH]c3ccccc23)C(=O)N1. The fraction of sp³-hybridized carbons (Fsp3) is 0.525. The first-order valence-electron chi connectivity index (χ1n) is 29.7. The number of allylic oxidation sites excluding steroid dienone is 1. The number of carbonyl (C=O) groups excluding carboxylic acids is 10. The van der Waals surface area contributed by atoms with Crippen molar-refractivity contribution in [1.82, 2.24) is 57.3 Å². The first kappa shape index (κ1) is 66.5. The maximum atomic E-state index is 15.3. The fourth-order valence-electron chi connectivity index (χ4n) is 11.1. The number of likely N-dealkylation sites (N-methyl/N-ethyl adjacent to an activating group) is 1. The van der Waals surface area contributed by atoms with Crippen LogP contribution in [0.3, 0.4) is 0 Å². The minimum Gasteiger partial charge on any atom is -0.370 e. The number of hydrogen-bond acceptors (Lipinski definition) is 15. The number of para-hydroxylation sites is 1. The van der Waals surface area contributed by atoms with Crippen LogP contribution in [0, 0.1) is 0 Å². The van der Waals surface area contributed by atoms with Crippen LogP contribution in [-0.2, 0) is 60.8 Å². The summed E-state index contributed by atoms with van der Waals surface area (Å²) in [5.74, 6) is -6.28. The van der Waals surface area contributed by atoms with Gasteiger partial charge in [0, 0.05) is 99.8 Å². The highest BCUT2D eigenvalue weighted by Crippen LogP contribution is 2.29. The summed E-state index contributed by atoms with van der Waals surface area (Å²) in [5, 5.41) is 23.2. The Morgan fingerprint density at radius 3 is 2.07 bits per heavy atom. The summed E-state index contributed by atoms with van der Waals surface area (Å²) in [6.07, 6.45) is 8.72. The monoisotopic (exact) mass is 1240 g/mol. The third-order valence-corrected chi connectivity index (χ3v) is 18.0. The number of likely N-dealkylation sites (tertiary alicyclic amines) is 2. The van der Waals surface area contributed by atoms with Gasteiger partial charge in [-0.1, -0.05) is 76.2 Å². The van der Waals surface area contributed by atoms with E-state index in [-0.39, 0.29) is 88.0 Å². The molecule has 0 aliphatic carbocycles. The third-order valence-electron chi connectivity index (χ3n) is 15.6. The van der Waals surface area contributed by atoms with Crippen LogP contribution in [0.25, 0.3) is 10.9 Å². The van der Waals surface area contributed by atoms with Crippen LogP contribution in [0.4, 0.5) is 0 Å². The summed E-state index contributed by atoms with van der Waals surface area (Å²) in [6, 6.07) is 5.58. The number of amides is 10. The lowest BCUT2D eigenvalue weighted by molar-refractivity contribution is -0.148. The Labute approximate surface area is 513 Å². The van der Waals surface area contributed by atoms with E-state index in [9.17, 15) is 33.6 Å². The molecule has 1 aromatic heterocycles. The number of hydrogen-bond donors (Lipinski definition) is 12. The molecule has 3 saturated heterocycles. The van der Waals surface area contributed by atoms with Gasteiger partial charge in [0.1, 0.15) is 54.4 Å². The van der Waals surface area contributed by atoms with Crippen molar-refractivity contribution in [3.05, 3.63) is 83.7 Å². The number of aromatic nitrogens is 1. The minimum atomic E-state index is -1.40. The zero-order chi connectivity index (χ0) is 62.4. The molecular formula is C59H82N16O10S2. The number of aliphatic imine (C=N–C) groups is 2. The number of nitrogens with two attached hydrogens (primary N) is 3. The number of benzene rings is 2. The molecule has 87 heavy (non-hydrogen) atoms. The van der Waals surface area contributed by atoms with Gasteiger partial charge < -0.3 is 74.5 Å². The van der Waals surface area contributed by atoms with Gasteiger partial charge >= 0.3 is 0 Å². The third kappa shape index (κ3) is 19.3. The smallest absolute Gasteiger partial charge is 0.246 e. The summed E-state index contributed by atoms with van der Waals surface area (Å²) < 4.78 is 0. The first-order valence-corrected chi connectivity index (χ1v) is 32.2. The van der Waals surface area contributed by atoms with Crippen molar-refractivity contribution in [1.29, 1.82) is 0 Å². The Morgan fingerprint density at radius 2 is 1.38 bits per heavy atom. The zero-order valence-electron chi connectivity index (χ0n) is 49.2. The summed E-state index contributed by atoms with van der Waals surface area (Å²) in [5.41, 5.74) is 19.6. The van der Waals surface area contributed by atoms with Gasteiger partial charge in [0.25, 0.3) is 0 Å². The largest absolute Gasteiger partial charge is 0.370 e. The molecule has 3 fully saturated rings. The van der Waals surface area contributed by atoms with Gasteiger partial charge in [-0.25, -0.2) is 0 Å². The number of nitrogens with one attached hydrogen (secondary N) is 9. The lowest BCUT2D eigenvalue weighted by atomic mass is 10.0. The second-order valence-corrected chi connectivity index (χ2v) is 24.6. The molecule has 470 valence electrons. The first-order chi connectivity index (χ1) is 41.9. The summed E-state index contributed by atoms with van der Waals surface area (Å²) in [7, 11) is 3.92. The lowest BCUT2D eigenvalue weighted by Crippen LogP contribution is -2.61. The van der Waals surface area contributed by atoms with E-state index in [4.69, 9.17) is 17.2 Å². The fourth-order valence-corrected chi connectivity index (χ4v) is 13.4. The molecule has 26 nitrogen and oxygen atoms in total. The Morgan fingerprint density at radius 1 is 0.736 bits per heavy atom. The van der Waals surface area contributed by atoms with E-state index in [2.05, 4.69) is 57.5 Å². The van der Waals surface area contributed by atoms with E-state index < -0.39 is 108 Å². The lowest BCUT2D eigenvalue weighted by Gasteiger charge is -2.33. The number of guanidine groups is 1. The normalized spacial score (nSPS) is 23.9. The minimum absolute atomic E-state index is 0.0520. The highest BCUT2D eigenvalue weighted by molar-refractivity contribution is 8.76. The van der Waals surface area contributed by atoms with Crippen molar-refractivity contribution in [3.8, 4) is 0 Å². The second kappa shape index (κ2) is 33.2. The van der Waals surface area contributed by atoms with Crippen molar-refractivity contribution in [2.45, 2.75) is 151 Å². The van der Waals surface area contributed by atoms with Gasteiger partial charge in [0.05, 0.1) is 0 Å². The van der Waals surface area contributed by atoms with E-state index in [1.54, 1.807) is 48.8 Å². The van der Waals surface area contributed by atoms with Gasteiger partial charge in [-0.05, 0) is 87.9 Å². The van der Waals surface area contributed by atoms with Crippen LogP contribution in [0.15, 0.2) is 82.6 Å². The number of nitrogens with zero attached hydrogens (tertiary/aromatic N) is 4. The molecule has 2 aromatic carbocycles. The van der Waals surface area contributed by atoms with E-state index >= 15 is 14.4 Å². The topological polar surface area (TPSA) is 392 Å². The van der Waals surface area contributed by atoms with Crippen molar-refractivity contribution in [2.24, 2.45) is 27.2 Å². The predicted octanol–water partition coefficient (Wildman–Crippen LogP) is -0.189. The van der Waals surface area contributed by atoms with E-state index in [1.807, 2.05) is 24.3 Å². The average Bonchev–Trinajstić information content (AvgIpc) is 2.16. The highest BCUT2D eigenvalue weighted by Gasteiger charge is 2.45. The number of unbranched alkanes of at least 4 members (excludes halogenated alkanes) is 1. The van der Waals surface area contributed by atoms with E-state index in [1.165, 1.54) is 45.4 Å². The Hall–Kier alpha value is -7.98. The van der Waals surface area contributed by atoms with Crippen molar-refractivity contribution in [2.75, 3.05) is 44.7 Å². The number of aromatic amines is 1. The van der Waals surface area contributed by atoms with Crippen LogP contribution >= 0.6 is 21.6 Å². The molecule has 28 heteroatoms. The van der Waals surface area contributed by atoms with Crippen LogP contribution in [0.5, 0.6) is 0 Å². The Kier molecular flexibility index (Phi) is 25.4. The molecule has 0 radical (unpaired) electrons.